The highest BCUT2D eigenvalue weighted by atomic mass is 35.5. The SMILES string of the molecule is COC(=O)CC[C@H](NC(=O)c1ccc(Cl)cc1O)C(=O)O. The number of rotatable bonds is 6. The van der Waals surface area contributed by atoms with Crippen molar-refractivity contribution in [3.63, 3.8) is 0 Å². The Labute approximate surface area is 125 Å². The summed E-state index contributed by atoms with van der Waals surface area (Å²) in [5, 5.41) is 21.1. The summed E-state index contributed by atoms with van der Waals surface area (Å²) in [6, 6.07) is 2.56. The molecule has 3 N–H and O–H groups in total. The van der Waals surface area contributed by atoms with Crippen LogP contribution in [0, 0.1) is 0 Å². The van der Waals surface area contributed by atoms with Gasteiger partial charge in [-0.25, -0.2) is 4.79 Å². The number of phenolic OH excluding ortho intramolecular Hbond substituents is 1. The van der Waals surface area contributed by atoms with Crippen LogP contribution in [0.4, 0.5) is 0 Å². The zero-order valence-electron chi connectivity index (χ0n) is 11.1. The molecule has 8 heteroatoms. The van der Waals surface area contributed by atoms with Gasteiger partial charge in [0, 0.05) is 11.4 Å². The standard InChI is InChI=1S/C13H14ClNO6/c1-21-11(17)5-4-9(13(19)20)15-12(18)8-3-2-7(14)6-10(8)16/h2-3,6,9,16H,4-5H2,1H3,(H,15,18)(H,19,20)/t9-/m0/s1. The van der Waals surface area contributed by atoms with Crippen LogP contribution < -0.4 is 5.32 Å². The fraction of sp³-hybridized carbons (Fsp3) is 0.308. The fourth-order valence-corrected chi connectivity index (χ4v) is 1.72. The smallest absolute Gasteiger partial charge is 0.326 e. The molecule has 1 atom stereocenters. The number of phenols is 1. The van der Waals surface area contributed by atoms with Gasteiger partial charge in [0.05, 0.1) is 12.7 Å². The molecule has 1 rings (SSSR count). The molecule has 0 saturated heterocycles. The van der Waals surface area contributed by atoms with Crippen LogP contribution in [0.1, 0.15) is 23.2 Å². The lowest BCUT2D eigenvalue weighted by Crippen LogP contribution is -2.41. The first-order valence-corrected chi connectivity index (χ1v) is 6.32. The molecule has 0 aliphatic carbocycles. The van der Waals surface area contributed by atoms with E-state index in [0.717, 1.165) is 0 Å². The highest BCUT2D eigenvalue weighted by Gasteiger charge is 2.23. The summed E-state index contributed by atoms with van der Waals surface area (Å²) in [5.41, 5.74) is -0.108. The molecule has 0 aliphatic rings. The maximum Gasteiger partial charge on any atom is 0.326 e. The number of amides is 1. The molecule has 0 saturated carbocycles. The van der Waals surface area contributed by atoms with Crippen LogP contribution in [0.3, 0.4) is 0 Å². The topological polar surface area (TPSA) is 113 Å². The van der Waals surface area contributed by atoms with Gasteiger partial charge in [-0.2, -0.15) is 0 Å². The normalized spacial score (nSPS) is 11.5. The van der Waals surface area contributed by atoms with Crippen LogP contribution in [-0.2, 0) is 14.3 Å². The molecular formula is C13H14ClNO6. The lowest BCUT2D eigenvalue weighted by atomic mass is 10.1. The van der Waals surface area contributed by atoms with Crippen LogP contribution in [-0.4, -0.2) is 41.2 Å². The van der Waals surface area contributed by atoms with Crippen molar-refractivity contribution >= 4 is 29.4 Å². The van der Waals surface area contributed by atoms with Gasteiger partial charge < -0.3 is 20.3 Å². The van der Waals surface area contributed by atoms with Crippen molar-refractivity contribution in [1.82, 2.24) is 5.32 Å². The van der Waals surface area contributed by atoms with Crippen LogP contribution >= 0.6 is 11.6 Å². The first-order valence-electron chi connectivity index (χ1n) is 5.94. The first-order chi connectivity index (χ1) is 9.85. The molecule has 1 amide bonds. The lowest BCUT2D eigenvalue weighted by Gasteiger charge is -2.14. The Morgan fingerprint density at radius 1 is 1.38 bits per heavy atom. The Hall–Kier alpha value is -2.28. The molecule has 0 radical (unpaired) electrons. The summed E-state index contributed by atoms with van der Waals surface area (Å²) >= 11 is 5.64. The third kappa shape index (κ3) is 4.96. The van der Waals surface area contributed by atoms with Gasteiger partial charge in [-0.1, -0.05) is 11.6 Å². The van der Waals surface area contributed by atoms with Crippen molar-refractivity contribution in [1.29, 1.82) is 0 Å². The average Bonchev–Trinajstić information content (AvgIpc) is 2.42. The number of hydrogen-bond donors (Lipinski definition) is 3. The van der Waals surface area contributed by atoms with E-state index in [9.17, 15) is 19.5 Å². The summed E-state index contributed by atoms with van der Waals surface area (Å²) in [6.45, 7) is 0. The number of benzene rings is 1. The molecule has 0 aromatic heterocycles. The molecule has 7 nitrogen and oxygen atoms in total. The Bertz CT molecular complexity index is 560. The summed E-state index contributed by atoms with van der Waals surface area (Å²) in [5.74, 6) is -3.01. The van der Waals surface area contributed by atoms with E-state index in [1.54, 1.807) is 0 Å². The second-order valence-corrected chi connectivity index (χ2v) is 4.58. The number of methoxy groups -OCH3 is 1. The number of ether oxygens (including phenoxy) is 1. The van der Waals surface area contributed by atoms with E-state index >= 15 is 0 Å². The molecule has 0 aliphatic heterocycles. The van der Waals surface area contributed by atoms with E-state index in [1.165, 1.54) is 25.3 Å². The van der Waals surface area contributed by atoms with Gasteiger partial charge in [0.2, 0.25) is 0 Å². The van der Waals surface area contributed by atoms with Gasteiger partial charge in [-0.3, -0.25) is 9.59 Å². The van der Waals surface area contributed by atoms with Gasteiger partial charge >= 0.3 is 11.9 Å². The molecule has 21 heavy (non-hydrogen) atoms. The number of hydrogen-bond acceptors (Lipinski definition) is 5. The zero-order chi connectivity index (χ0) is 16.0. The molecule has 1 aromatic carbocycles. The van der Waals surface area contributed by atoms with Crippen LogP contribution in [0.2, 0.25) is 5.02 Å². The number of aromatic hydroxyl groups is 1. The van der Waals surface area contributed by atoms with Crippen molar-refractivity contribution < 1.29 is 29.3 Å². The van der Waals surface area contributed by atoms with E-state index < -0.39 is 23.9 Å². The molecule has 0 fully saturated rings. The van der Waals surface area contributed by atoms with Crippen molar-refractivity contribution in [2.45, 2.75) is 18.9 Å². The molecule has 1 aromatic rings. The molecule has 0 bridgehead atoms. The number of carboxylic acid groups (broad SMARTS) is 1. The second kappa shape index (κ2) is 7.49. The molecule has 0 unspecified atom stereocenters. The molecule has 114 valence electrons. The van der Waals surface area contributed by atoms with E-state index in [2.05, 4.69) is 10.1 Å². The highest BCUT2D eigenvalue weighted by Crippen LogP contribution is 2.21. The largest absolute Gasteiger partial charge is 0.507 e. The van der Waals surface area contributed by atoms with E-state index in [4.69, 9.17) is 16.7 Å². The minimum atomic E-state index is -1.29. The minimum absolute atomic E-state index is 0.108. The fourth-order valence-electron chi connectivity index (χ4n) is 1.55. The predicted molar refractivity (Wildman–Crippen MR) is 73.3 cm³/mol. The van der Waals surface area contributed by atoms with Gasteiger partial charge in [0.1, 0.15) is 11.8 Å². The number of carbonyl (C=O) groups is 3. The maximum absolute atomic E-state index is 11.9. The Balaban J connectivity index is 2.76. The van der Waals surface area contributed by atoms with E-state index in [1.807, 2.05) is 0 Å². The molecular weight excluding hydrogens is 302 g/mol. The lowest BCUT2D eigenvalue weighted by molar-refractivity contribution is -0.142. The van der Waals surface area contributed by atoms with Crippen molar-refractivity contribution in [2.75, 3.05) is 7.11 Å². The Morgan fingerprint density at radius 2 is 2.05 bits per heavy atom. The van der Waals surface area contributed by atoms with Gasteiger partial charge in [-0.05, 0) is 24.6 Å². The Morgan fingerprint density at radius 3 is 2.57 bits per heavy atom. The maximum atomic E-state index is 11.9. The van der Waals surface area contributed by atoms with Crippen LogP contribution in [0.15, 0.2) is 18.2 Å². The zero-order valence-corrected chi connectivity index (χ0v) is 11.9. The number of carbonyl (C=O) groups excluding carboxylic acids is 2. The third-order valence-electron chi connectivity index (χ3n) is 2.67. The number of esters is 1. The summed E-state index contributed by atoms with van der Waals surface area (Å²) in [7, 11) is 1.18. The number of aliphatic carboxylic acids is 1. The van der Waals surface area contributed by atoms with Gasteiger partial charge in [0.15, 0.2) is 0 Å². The highest BCUT2D eigenvalue weighted by molar-refractivity contribution is 6.30. The summed E-state index contributed by atoms with van der Waals surface area (Å²) in [4.78, 5) is 34.0. The van der Waals surface area contributed by atoms with Gasteiger partial charge in [-0.15, -0.1) is 0 Å². The van der Waals surface area contributed by atoms with Crippen molar-refractivity contribution in [3.8, 4) is 5.75 Å². The van der Waals surface area contributed by atoms with Crippen LogP contribution in [0.25, 0.3) is 0 Å². The quantitative estimate of drug-likeness (QED) is 0.679. The number of nitrogens with one attached hydrogen (secondary N) is 1. The summed E-state index contributed by atoms with van der Waals surface area (Å²) < 4.78 is 4.40. The van der Waals surface area contributed by atoms with E-state index in [-0.39, 0.29) is 29.2 Å². The van der Waals surface area contributed by atoms with Crippen molar-refractivity contribution in [2.24, 2.45) is 0 Å². The third-order valence-corrected chi connectivity index (χ3v) is 2.91. The van der Waals surface area contributed by atoms with Crippen LogP contribution in [0.5, 0.6) is 5.75 Å². The van der Waals surface area contributed by atoms with Crippen molar-refractivity contribution in [3.05, 3.63) is 28.8 Å². The minimum Gasteiger partial charge on any atom is -0.507 e. The summed E-state index contributed by atoms with van der Waals surface area (Å²) in [6.07, 6.45) is -0.275. The predicted octanol–water partition coefficient (Wildman–Crippen LogP) is 1.18. The number of carboxylic acids is 1. The monoisotopic (exact) mass is 315 g/mol. The Kier molecular flexibility index (Phi) is 5.98. The van der Waals surface area contributed by atoms with E-state index in [0.29, 0.717) is 0 Å². The molecule has 0 spiro atoms. The average molecular weight is 316 g/mol. The van der Waals surface area contributed by atoms with Gasteiger partial charge in [0.25, 0.3) is 5.91 Å². The number of halogens is 1. The second-order valence-electron chi connectivity index (χ2n) is 4.14. The molecule has 0 heterocycles. The first kappa shape index (κ1) is 16.8.